The molecular formula is C35H20BNO2S. The minimum absolute atomic E-state index is 0.0657. The third kappa shape index (κ3) is 2.93. The van der Waals surface area contributed by atoms with Crippen molar-refractivity contribution in [1.82, 2.24) is 0 Å². The highest BCUT2D eigenvalue weighted by molar-refractivity contribution is 7.26. The first-order valence-corrected chi connectivity index (χ1v) is 14.2. The SMILES string of the molecule is O=C1Oc2cccc3ccc4c(c23)N1c1cc2sc3ccccc3c2cc1B4c1ccccc1-c1ccccc1. The Morgan fingerprint density at radius 2 is 1.48 bits per heavy atom. The Labute approximate surface area is 234 Å². The van der Waals surface area contributed by atoms with E-state index in [0.29, 0.717) is 5.75 Å². The van der Waals surface area contributed by atoms with Gasteiger partial charge in [0.1, 0.15) is 5.75 Å². The van der Waals surface area contributed by atoms with Gasteiger partial charge in [-0.25, -0.2) is 9.69 Å². The molecule has 9 rings (SSSR count). The van der Waals surface area contributed by atoms with Gasteiger partial charge in [0.15, 0.2) is 0 Å². The molecule has 0 aliphatic carbocycles. The van der Waals surface area contributed by atoms with Gasteiger partial charge in [-0.2, -0.15) is 0 Å². The van der Waals surface area contributed by atoms with Crippen LogP contribution in [0.3, 0.4) is 0 Å². The maximum Gasteiger partial charge on any atom is 0.424 e. The maximum absolute atomic E-state index is 13.7. The topological polar surface area (TPSA) is 29.5 Å². The van der Waals surface area contributed by atoms with Crippen molar-refractivity contribution >= 4 is 82.9 Å². The van der Waals surface area contributed by atoms with Crippen LogP contribution in [0.5, 0.6) is 5.75 Å². The number of rotatable bonds is 2. The van der Waals surface area contributed by atoms with E-state index >= 15 is 0 Å². The number of carbonyl (C=O) groups is 1. The van der Waals surface area contributed by atoms with Crippen LogP contribution in [0.15, 0.2) is 121 Å². The van der Waals surface area contributed by atoms with E-state index in [1.165, 1.54) is 32.1 Å². The molecule has 0 bridgehead atoms. The molecule has 0 saturated carbocycles. The number of amides is 1. The first-order chi connectivity index (χ1) is 19.8. The van der Waals surface area contributed by atoms with Gasteiger partial charge in [0, 0.05) is 25.9 Å². The van der Waals surface area contributed by atoms with Crippen LogP contribution in [0, 0.1) is 0 Å². The number of thiophene rings is 1. The summed E-state index contributed by atoms with van der Waals surface area (Å²) in [7, 11) is 0. The van der Waals surface area contributed by atoms with Crippen molar-refractivity contribution in [2.45, 2.75) is 0 Å². The zero-order valence-corrected chi connectivity index (χ0v) is 22.1. The molecule has 0 N–H and O–H groups in total. The van der Waals surface area contributed by atoms with Crippen LogP contribution >= 0.6 is 11.3 Å². The summed E-state index contributed by atoms with van der Waals surface area (Å²) in [5, 5.41) is 4.52. The van der Waals surface area contributed by atoms with E-state index in [1.54, 1.807) is 11.3 Å². The fourth-order valence-electron chi connectivity index (χ4n) is 6.69. The molecule has 0 atom stereocenters. The lowest BCUT2D eigenvalue weighted by atomic mass is 9.34. The van der Waals surface area contributed by atoms with Crippen molar-refractivity contribution in [3.8, 4) is 16.9 Å². The van der Waals surface area contributed by atoms with Crippen molar-refractivity contribution in [2.24, 2.45) is 0 Å². The molecule has 2 aliphatic rings. The van der Waals surface area contributed by atoms with Crippen LogP contribution in [-0.4, -0.2) is 12.8 Å². The maximum atomic E-state index is 13.7. The summed E-state index contributed by atoms with van der Waals surface area (Å²) in [6, 6.07) is 42.6. The minimum Gasteiger partial charge on any atom is -0.409 e. The smallest absolute Gasteiger partial charge is 0.409 e. The Kier molecular flexibility index (Phi) is 4.44. The Hall–Kier alpha value is -4.87. The summed E-state index contributed by atoms with van der Waals surface area (Å²) >= 11 is 1.77. The predicted octanol–water partition coefficient (Wildman–Crippen LogP) is 7.35. The molecule has 0 spiro atoms. The van der Waals surface area contributed by atoms with Crippen LogP contribution in [0.25, 0.3) is 42.1 Å². The number of hydrogen-bond donors (Lipinski definition) is 0. The van der Waals surface area contributed by atoms with Crippen molar-refractivity contribution in [3.63, 3.8) is 0 Å². The molecule has 5 heteroatoms. The van der Waals surface area contributed by atoms with E-state index in [1.807, 2.05) is 17.0 Å². The van der Waals surface area contributed by atoms with E-state index in [4.69, 9.17) is 4.74 Å². The van der Waals surface area contributed by atoms with Gasteiger partial charge in [-0.15, -0.1) is 11.3 Å². The van der Waals surface area contributed by atoms with Gasteiger partial charge in [-0.1, -0.05) is 109 Å². The number of benzene rings is 6. The highest BCUT2D eigenvalue weighted by Crippen LogP contribution is 2.45. The van der Waals surface area contributed by atoms with Gasteiger partial charge in [0.25, 0.3) is 0 Å². The summed E-state index contributed by atoms with van der Waals surface area (Å²) in [4.78, 5) is 15.5. The molecule has 1 amide bonds. The highest BCUT2D eigenvalue weighted by Gasteiger charge is 2.42. The number of hydrogen-bond acceptors (Lipinski definition) is 3. The Morgan fingerprint density at radius 1 is 0.650 bits per heavy atom. The number of fused-ring (bicyclic) bond motifs is 5. The second kappa shape index (κ2) is 8.07. The molecule has 6 aromatic carbocycles. The second-order valence-corrected chi connectivity index (χ2v) is 11.5. The number of nitrogens with zero attached hydrogens (tertiary/aromatic N) is 1. The molecule has 3 heterocycles. The standard InChI is InChI=1S/C35H20BNO2S/c38-35-37-29-20-32-25(24-13-5-7-16-31(24)40-32)19-28(29)36(26-14-6-4-12-23(26)21-9-2-1-3-10-21)27-18-17-22-11-8-15-30(39-35)33(22)34(27)37/h1-20H. The third-order valence-electron chi connectivity index (χ3n) is 8.36. The van der Waals surface area contributed by atoms with E-state index < -0.39 is 0 Å². The van der Waals surface area contributed by atoms with Crippen LogP contribution in [0.2, 0.25) is 0 Å². The summed E-state index contributed by atoms with van der Waals surface area (Å²) in [6.07, 6.45) is -0.357. The average Bonchev–Trinajstić information content (AvgIpc) is 3.36. The molecule has 2 aliphatic heterocycles. The molecule has 186 valence electrons. The largest absolute Gasteiger partial charge is 0.424 e. The minimum atomic E-state index is -0.357. The molecule has 0 fully saturated rings. The molecule has 7 aromatic rings. The number of carbonyl (C=O) groups excluding carboxylic acids is 1. The molecular weight excluding hydrogens is 509 g/mol. The molecule has 0 saturated heterocycles. The Morgan fingerprint density at radius 3 is 2.40 bits per heavy atom. The van der Waals surface area contributed by atoms with Gasteiger partial charge in [-0.3, -0.25) is 0 Å². The van der Waals surface area contributed by atoms with Crippen LogP contribution in [-0.2, 0) is 0 Å². The monoisotopic (exact) mass is 529 g/mol. The lowest BCUT2D eigenvalue weighted by Crippen LogP contribution is -2.59. The number of anilines is 2. The molecule has 3 nitrogen and oxygen atoms in total. The van der Waals surface area contributed by atoms with E-state index in [-0.39, 0.29) is 12.8 Å². The lowest BCUT2D eigenvalue weighted by Gasteiger charge is -2.38. The van der Waals surface area contributed by atoms with Gasteiger partial charge in [0.2, 0.25) is 6.71 Å². The van der Waals surface area contributed by atoms with Crippen molar-refractivity contribution in [3.05, 3.63) is 121 Å². The highest BCUT2D eigenvalue weighted by atomic mass is 32.1. The Bertz CT molecular complexity index is 2190. The zero-order valence-electron chi connectivity index (χ0n) is 21.3. The summed E-state index contributed by atoms with van der Waals surface area (Å²) in [5.74, 6) is 0.622. The van der Waals surface area contributed by atoms with Crippen LogP contribution in [0.1, 0.15) is 0 Å². The number of ether oxygens (including phenoxy) is 1. The third-order valence-corrected chi connectivity index (χ3v) is 9.49. The van der Waals surface area contributed by atoms with Gasteiger partial charge < -0.3 is 4.74 Å². The van der Waals surface area contributed by atoms with Gasteiger partial charge in [0.05, 0.1) is 5.69 Å². The normalized spacial score (nSPS) is 13.7. The Balaban J connectivity index is 1.44. The fourth-order valence-corrected chi connectivity index (χ4v) is 7.81. The van der Waals surface area contributed by atoms with E-state index in [0.717, 1.165) is 37.8 Å². The van der Waals surface area contributed by atoms with Crippen molar-refractivity contribution < 1.29 is 9.53 Å². The molecule has 1 aromatic heterocycles. The summed E-state index contributed by atoms with van der Waals surface area (Å²) < 4.78 is 8.36. The molecule has 40 heavy (non-hydrogen) atoms. The lowest BCUT2D eigenvalue weighted by molar-refractivity contribution is 0.210. The van der Waals surface area contributed by atoms with Gasteiger partial charge in [-0.05, 0) is 51.0 Å². The quantitative estimate of drug-likeness (QED) is 0.219. The van der Waals surface area contributed by atoms with Crippen molar-refractivity contribution in [1.29, 1.82) is 0 Å². The van der Waals surface area contributed by atoms with E-state index in [2.05, 4.69) is 109 Å². The van der Waals surface area contributed by atoms with Crippen LogP contribution in [0.4, 0.5) is 16.2 Å². The summed E-state index contributed by atoms with van der Waals surface area (Å²) in [6.45, 7) is -0.0657. The first kappa shape index (κ1) is 22.0. The molecule has 0 unspecified atom stereocenters. The van der Waals surface area contributed by atoms with Crippen LogP contribution < -0.4 is 26.0 Å². The van der Waals surface area contributed by atoms with Crippen molar-refractivity contribution in [2.75, 3.05) is 4.90 Å². The fraction of sp³-hybridized carbons (Fsp3) is 0. The first-order valence-electron chi connectivity index (χ1n) is 13.4. The molecule has 0 radical (unpaired) electrons. The predicted molar refractivity (Wildman–Crippen MR) is 168 cm³/mol. The van der Waals surface area contributed by atoms with Gasteiger partial charge >= 0.3 is 6.09 Å². The summed E-state index contributed by atoms with van der Waals surface area (Å²) in [5.41, 5.74) is 7.66. The van der Waals surface area contributed by atoms with E-state index in [9.17, 15) is 4.79 Å². The zero-order chi connectivity index (χ0) is 26.4. The average molecular weight is 529 g/mol. The second-order valence-electron chi connectivity index (χ2n) is 10.5.